The van der Waals surface area contributed by atoms with Crippen molar-refractivity contribution < 1.29 is 4.74 Å². The van der Waals surface area contributed by atoms with Crippen molar-refractivity contribution in [1.29, 1.82) is 0 Å². The van der Waals surface area contributed by atoms with Crippen LogP contribution in [0.3, 0.4) is 0 Å². The van der Waals surface area contributed by atoms with Crippen molar-refractivity contribution in [2.24, 2.45) is 0 Å². The average molecular weight is 202 g/mol. The summed E-state index contributed by atoms with van der Waals surface area (Å²) in [7, 11) is 0. The Morgan fingerprint density at radius 2 is 2.53 bits per heavy atom. The molecule has 15 heavy (non-hydrogen) atoms. The van der Waals surface area contributed by atoms with Gasteiger partial charge >= 0.3 is 0 Å². The van der Waals surface area contributed by atoms with Gasteiger partial charge in [-0.2, -0.15) is 5.10 Å². The molecular weight excluding hydrogens is 188 g/mol. The summed E-state index contributed by atoms with van der Waals surface area (Å²) in [4.78, 5) is 0. The first kappa shape index (κ1) is 9.77. The first-order valence-corrected chi connectivity index (χ1v) is 5.01. The topological polar surface area (TPSA) is 27.1 Å². The van der Waals surface area contributed by atoms with Crippen LogP contribution >= 0.6 is 0 Å². The maximum Gasteiger partial charge on any atom is 0.212 e. The summed E-state index contributed by atoms with van der Waals surface area (Å²) in [6, 6.07) is 1.97. The quantitative estimate of drug-likeness (QED) is 0.704. The molecule has 3 heteroatoms. The fourth-order valence-corrected chi connectivity index (χ4v) is 1.55. The Balaban J connectivity index is 2.28. The minimum atomic E-state index is 0.732. The Hall–Kier alpha value is -1.77. The van der Waals surface area contributed by atoms with Crippen LogP contribution in [0.1, 0.15) is 12.6 Å². The molecule has 0 unspecified atom stereocenters. The minimum Gasteiger partial charge on any atom is -0.476 e. The van der Waals surface area contributed by atoms with E-state index in [-0.39, 0.29) is 0 Å². The van der Waals surface area contributed by atoms with Crippen molar-refractivity contribution in [1.82, 2.24) is 9.78 Å². The van der Waals surface area contributed by atoms with E-state index in [9.17, 15) is 0 Å². The molecule has 0 bridgehead atoms. The second-order valence-corrected chi connectivity index (χ2v) is 3.28. The monoisotopic (exact) mass is 202 g/mol. The minimum absolute atomic E-state index is 0.732. The molecule has 0 aromatic carbocycles. The molecule has 0 atom stereocenters. The SMILES string of the molecule is C=C/C=C\C(=C/C)c1cc2n(n1)CCO2. The fraction of sp³-hybridized carbons (Fsp3) is 0.250. The van der Waals surface area contributed by atoms with Gasteiger partial charge in [-0.15, -0.1) is 0 Å². The standard InChI is InChI=1S/C12H14N2O/c1-3-5-6-10(4-2)11-9-12-14(13-11)7-8-15-12/h3-6,9H,1,7-8H2,2H3/b6-5-,10-4+. The maximum atomic E-state index is 5.41. The van der Waals surface area contributed by atoms with E-state index < -0.39 is 0 Å². The third-order valence-electron chi connectivity index (χ3n) is 2.31. The van der Waals surface area contributed by atoms with Crippen molar-refractivity contribution in [3.05, 3.63) is 42.6 Å². The summed E-state index contributed by atoms with van der Waals surface area (Å²) in [5.41, 5.74) is 2.03. The van der Waals surface area contributed by atoms with Gasteiger partial charge in [0.05, 0.1) is 12.2 Å². The Labute approximate surface area is 89.4 Å². The van der Waals surface area contributed by atoms with Crippen LogP contribution in [0.2, 0.25) is 0 Å². The van der Waals surface area contributed by atoms with Crippen LogP contribution in [0.15, 0.2) is 36.9 Å². The van der Waals surface area contributed by atoms with Gasteiger partial charge in [0.25, 0.3) is 0 Å². The molecule has 0 saturated carbocycles. The van der Waals surface area contributed by atoms with Gasteiger partial charge in [0.2, 0.25) is 5.88 Å². The number of hydrogen-bond donors (Lipinski definition) is 0. The lowest BCUT2D eigenvalue weighted by molar-refractivity contribution is 0.356. The summed E-state index contributed by atoms with van der Waals surface area (Å²) in [6.07, 6.45) is 7.67. The van der Waals surface area contributed by atoms with Crippen LogP contribution in [0, 0.1) is 0 Å². The molecule has 0 spiro atoms. The van der Waals surface area contributed by atoms with Gasteiger partial charge in [0.15, 0.2) is 0 Å². The van der Waals surface area contributed by atoms with Gasteiger partial charge in [0, 0.05) is 6.07 Å². The van der Waals surface area contributed by atoms with Gasteiger partial charge < -0.3 is 4.74 Å². The van der Waals surface area contributed by atoms with Gasteiger partial charge in [-0.3, -0.25) is 0 Å². The summed E-state index contributed by atoms with van der Waals surface area (Å²) in [5.74, 6) is 0.858. The van der Waals surface area contributed by atoms with Crippen LogP contribution in [-0.2, 0) is 6.54 Å². The second-order valence-electron chi connectivity index (χ2n) is 3.28. The van der Waals surface area contributed by atoms with Crippen molar-refractivity contribution in [2.45, 2.75) is 13.5 Å². The number of ether oxygens (including phenoxy) is 1. The number of hydrogen-bond acceptors (Lipinski definition) is 2. The van der Waals surface area contributed by atoms with Crippen LogP contribution < -0.4 is 4.74 Å². The number of nitrogens with zero attached hydrogens (tertiary/aromatic N) is 2. The molecule has 0 N–H and O–H groups in total. The van der Waals surface area contributed by atoms with Crippen molar-refractivity contribution in [2.75, 3.05) is 6.61 Å². The predicted octanol–water partition coefficient (Wildman–Crippen LogP) is 2.42. The first-order chi connectivity index (χ1) is 7.35. The highest BCUT2D eigenvalue weighted by Gasteiger charge is 2.15. The number of rotatable bonds is 3. The molecule has 2 heterocycles. The number of fused-ring (bicyclic) bond motifs is 1. The highest BCUT2D eigenvalue weighted by molar-refractivity contribution is 5.72. The summed E-state index contributed by atoms with van der Waals surface area (Å²) >= 11 is 0. The molecular formula is C12H14N2O. The van der Waals surface area contributed by atoms with E-state index in [1.807, 2.05) is 35.9 Å². The molecule has 2 rings (SSSR count). The van der Waals surface area contributed by atoms with Crippen molar-refractivity contribution in [3.63, 3.8) is 0 Å². The summed E-state index contributed by atoms with van der Waals surface area (Å²) in [5, 5.41) is 4.45. The Kier molecular flexibility index (Phi) is 2.72. The van der Waals surface area contributed by atoms with Crippen LogP contribution in [0.25, 0.3) is 5.57 Å². The summed E-state index contributed by atoms with van der Waals surface area (Å²) in [6.45, 7) is 7.22. The van der Waals surface area contributed by atoms with Crippen molar-refractivity contribution in [3.8, 4) is 5.88 Å². The molecule has 0 amide bonds. The molecule has 0 radical (unpaired) electrons. The van der Waals surface area contributed by atoms with E-state index in [4.69, 9.17) is 4.74 Å². The zero-order valence-corrected chi connectivity index (χ0v) is 8.81. The number of aromatic nitrogens is 2. The van der Waals surface area contributed by atoms with E-state index in [0.29, 0.717) is 0 Å². The maximum absolute atomic E-state index is 5.41. The summed E-state index contributed by atoms with van der Waals surface area (Å²) < 4.78 is 7.30. The van der Waals surface area contributed by atoms with E-state index in [1.54, 1.807) is 6.08 Å². The Morgan fingerprint density at radius 3 is 3.20 bits per heavy atom. The molecule has 1 aromatic heterocycles. The van der Waals surface area contributed by atoms with Crippen molar-refractivity contribution >= 4 is 5.57 Å². The normalized spacial score (nSPS) is 15.4. The predicted molar refractivity (Wildman–Crippen MR) is 60.7 cm³/mol. The largest absolute Gasteiger partial charge is 0.476 e. The first-order valence-electron chi connectivity index (χ1n) is 5.01. The van der Waals surface area contributed by atoms with Crippen LogP contribution in [0.5, 0.6) is 5.88 Å². The van der Waals surface area contributed by atoms with Gasteiger partial charge in [0.1, 0.15) is 6.61 Å². The average Bonchev–Trinajstić information content (AvgIpc) is 2.79. The zero-order chi connectivity index (χ0) is 10.7. The van der Waals surface area contributed by atoms with E-state index in [0.717, 1.165) is 30.3 Å². The highest BCUT2D eigenvalue weighted by atomic mass is 16.5. The lowest BCUT2D eigenvalue weighted by Gasteiger charge is -1.95. The highest BCUT2D eigenvalue weighted by Crippen LogP contribution is 2.23. The van der Waals surface area contributed by atoms with Crippen LogP contribution in [-0.4, -0.2) is 16.4 Å². The molecule has 0 saturated heterocycles. The molecule has 3 nitrogen and oxygen atoms in total. The lowest BCUT2D eigenvalue weighted by Crippen LogP contribution is -1.97. The van der Waals surface area contributed by atoms with E-state index in [2.05, 4.69) is 11.7 Å². The molecule has 78 valence electrons. The smallest absolute Gasteiger partial charge is 0.212 e. The molecule has 1 aromatic rings. The van der Waals surface area contributed by atoms with Gasteiger partial charge in [-0.1, -0.05) is 30.9 Å². The molecule has 0 aliphatic carbocycles. The third-order valence-corrected chi connectivity index (χ3v) is 2.31. The van der Waals surface area contributed by atoms with Crippen LogP contribution in [0.4, 0.5) is 0 Å². The number of allylic oxidation sites excluding steroid dienone is 5. The van der Waals surface area contributed by atoms with E-state index >= 15 is 0 Å². The molecule has 1 aliphatic heterocycles. The zero-order valence-electron chi connectivity index (χ0n) is 8.81. The van der Waals surface area contributed by atoms with E-state index in [1.165, 1.54) is 0 Å². The van der Waals surface area contributed by atoms with Gasteiger partial charge in [-0.05, 0) is 12.5 Å². The Morgan fingerprint density at radius 1 is 1.67 bits per heavy atom. The molecule has 1 aliphatic rings. The second kappa shape index (κ2) is 4.17. The fourth-order valence-electron chi connectivity index (χ4n) is 1.55. The van der Waals surface area contributed by atoms with Gasteiger partial charge in [-0.25, -0.2) is 4.68 Å². The Bertz CT molecular complexity index is 405. The molecule has 0 fully saturated rings. The lowest BCUT2D eigenvalue weighted by atomic mass is 10.1. The third kappa shape index (κ3) is 1.86.